The van der Waals surface area contributed by atoms with Crippen molar-refractivity contribution in [2.45, 2.75) is 19.8 Å². The van der Waals surface area contributed by atoms with Crippen LogP contribution in [-0.2, 0) is 0 Å². The summed E-state index contributed by atoms with van der Waals surface area (Å²) >= 11 is 11.8. The van der Waals surface area contributed by atoms with Crippen molar-refractivity contribution < 1.29 is 4.79 Å². The summed E-state index contributed by atoms with van der Waals surface area (Å²) in [5, 5.41) is 0.915. The molecule has 92 valence electrons. The van der Waals surface area contributed by atoms with Gasteiger partial charge in [0.25, 0.3) is 5.91 Å². The van der Waals surface area contributed by atoms with Gasteiger partial charge in [-0.2, -0.15) is 0 Å². The smallest absolute Gasteiger partial charge is 0.253 e. The maximum Gasteiger partial charge on any atom is 0.253 e. The van der Waals surface area contributed by atoms with Crippen molar-refractivity contribution in [2.75, 3.05) is 13.1 Å². The van der Waals surface area contributed by atoms with E-state index in [2.05, 4.69) is 6.92 Å². The minimum absolute atomic E-state index is 0.0510. The first-order chi connectivity index (χ1) is 8.08. The van der Waals surface area contributed by atoms with E-state index in [1.165, 1.54) is 6.42 Å². The van der Waals surface area contributed by atoms with Crippen LogP contribution in [0.1, 0.15) is 30.1 Å². The highest BCUT2D eigenvalue weighted by Gasteiger charge is 2.22. The fourth-order valence-electron chi connectivity index (χ4n) is 2.19. The van der Waals surface area contributed by atoms with Crippen LogP contribution in [-0.4, -0.2) is 23.9 Å². The van der Waals surface area contributed by atoms with Gasteiger partial charge in [0.05, 0.1) is 10.0 Å². The second-order valence-corrected chi connectivity index (χ2v) is 5.44. The molecule has 0 aliphatic carbocycles. The van der Waals surface area contributed by atoms with Crippen molar-refractivity contribution in [1.29, 1.82) is 0 Å². The van der Waals surface area contributed by atoms with Gasteiger partial charge in [-0.1, -0.05) is 30.1 Å². The summed E-state index contributed by atoms with van der Waals surface area (Å²) in [4.78, 5) is 14.1. The molecule has 1 saturated heterocycles. The zero-order valence-corrected chi connectivity index (χ0v) is 11.3. The van der Waals surface area contributed by atoms with E-state index in [4.69, 9.17) is 23.2 Å². The van der Waals surface area contributed by atoms with Gasteiger partial charge in [0.2, 0.25) is 0 Å². The molecule has 1 atom stereocenters. The van der Waals surface area contributed by atoms with Crippen LogP contribution < -0.4 is 0 Å². The van der Waals surface area contributed by atoms with Gasteiger partial charge in [0.15, 0.2) is 0 Å². The summed E-state index contributed by atoms with van der Waals surface area (Å²) < 4.78 is 0. The number of rotatable bonds is 1. The summed E-state index contributed by atoms with van der Waals surface area (Å²) in [6.45, 7) is 3.84. The number of likely N-dealkylation sites (tertiary alicyclic amines) is 1. The predicted octanol–water partition coefficient (Wildman–Crippen LogP) is 3.87. The molecule has 1 heterocycles. The second kappa shape index (κ2) is 5.28. The van der Waals surface area contributed by atoms with E-state index in [-0.39, 0.29) is 5.91 Å². The first-order valence-corrected chi connectivity index (χ1v) is 6.58. The number of carbonyl (C=O) groups excluding carboxylic acids is 1. The molecule has 0 bridgehead atoms. The SMILES string of the molecule is CC1CCCN(C(=O)c2ccc(Cl)c(Cl)c2)C1. The summed E-state index contributed by atoms with van der Waals surface area (Å²) in [6.07, 6.45) is 2.28. The zero-order chi connectivity index (χ0) is 12.4. The molecule has 2 rings (SSSR count). The monoisotopic (exact) mass is 271 g/mol. The molecule has 1 aliphatic rings. The molecule has 0 radical (unpaired) electrons. The van der Waals surface area contributed by atoms with Crippen LogP contribution in [0.3, 0.4) is 0 Å². The fourth-order valence-corrected chi connectivity index (χ4v) is 2.48. The minimum Gasteiger partial charge on any atom is -0.338 e. The van der Waals surface area contributed by atoms with Crippen molar-refractivity contribution in [3.8, 4) is 0 Å². The number of nitrogens with zero attached hydrogens (tertiary/aromatic N) is 1. The highest BCUT2D eigenvalue weighted by atomic mass is 35.5. The maximum atomic E-state index is 12.2. The zero-order valence-electron chi connectivity index (χ0n) is 9.75. The molecule has 1 aromatic carbocycles. The summed E-state index contributed by atoms with van der Waals surface area (Å²) in [5.74, 6) is 0.630. The van der Waals surface area contributed by atoms with E-state index in [0.717, 1.165) is 19.5 Å². The van der Waals surface area contributed by atoms with Gasteiger partial charge in [-0.25, -0.2) is 0 Å². The average Bonchev–Trinajstić information content (AvgIpc) is 2.32. The standard InChI is InChI=1S/C13H15Cl2NO/c1-9-3-2-6-16(8-9)13(17)10-4-5-11(14)12(15)7-10/h4-5,7,9H,2-3,6,8H2,1H3. The van der Waals surface area contributed by atoms with Gasteiger partial charge in [0, 0.05) is 18.7 Å². The number of halogens is 2. The molecule has 0 N–H and O–H groups in total. The molecule has 17 heavy (non-hydrogen) atoms. The number of piperidine rings is 1. The molecule has 0 saturated carbocycles. The third-order valence-electron chi connectivity index (χ3n) is 3.11. The first kappa shape index (κ1) is 12.7. The number of hydrogen-bond donors (Lipinski definition) is 0. The lowest BCUT2D eigenvalue weighted by Gasteiger charge is -2.31. The molecule has 2 nitrogen and oxygen atoms in total. The van der Waals surface area contributed by atoms with E-state index >= 15 is 0 Å². The van der Waals surface area contributed by atoms with E-state index < -0.39 is 0 Å². The second-order valence-electron chi connectivity index (χ2n) is 4.63. The summed E-state index contributed by atoms with van der Waals surface area (Å²) in [5.41, 5.74) is 0.619. The molecule has 0 aromatic heterocycles. The van der Waals surface area contributed by atoms with E-state index in [9.17, 15) is 4.79 Å². The lowest BCUT2D eigenvalue weighted by molar-refractivity contribution is 0.0683. The Morgan fingerprint density at radius 3 is 2.76 bits per heavy atom. The third-order valence-corrected chi connectivity index (χ3v) is 3.85. The van der Waals surface area contributed by atoms with Crippen LogP contribution in [0.25, 0.3) is 0 Å². The van der Waals surface area contributed by atoms with Crippen molar-refractivity contribution in [3.63, 3.8) is 0 Å². The average molecular weight is 272 g/mol. The van der Waals surface area contributed by atoms with Crippen LogP contribution in [0.15, 0.2) is 18.2 Å². The molecule has 1 aromatic rings. The van der Waals surface area contributed by atoms with Crippen LogP contribution in [0.5, 0.6) is 0 Å². The Morgan fingerprint density at radius 2 is 2.12 bits per heavy atom. The molecule has 1 unspecified atom stereocenters. The lowest BCUT2D eigenvalue weighted by atomic mass is 9.99. The fraction of sp³-hybridized carbons (Fsp3) is 0.462. The number of amides is 1. The molecule has 4 heteroatoms. The van der Waals surface area contributed by atoms with E-state index in [0.29, 0.717) is 21.5 Å². The Balaban J connectivity index is 2.15. The Morgan fingerprint density at radius 1 is 1.35 bits per heavy atom. The normalized spacial score (nSPS) is 20.4. The third kappa shape index (κ3) is 2.93. The molecule has 1 aliphatic heterocycles. The molecule has 1 fully saturated rings. The Labute approximate surface area is 112 Å². The minimum atomic E-state index is 0.0510. The van der Waals surface area contributed by atoms with Crippen LogP contribution in [0, 0.1) is 5.92 Å². The lowest BCUT2D eigenvalue weighted by Crippen LogP contribution is -2.39. The van der Waals surface area contributed by atoms with Gasteiger partial charge in [-0.3, -0.25) is 4.79 Å². The van der Waals surface area contributed by atoms with Gasteiger partial charge >= 0.3 is 0 Å². The highest BCUT2D eigenvalue weighted by molar-refractivity contribution is 6.42. The first-order valence-electron chi connectivity index (χ1n) is 5.82. The van der Waals surface area contributed by atoms with Crippen molar-refractivity contribution in [2.24, 2.45) is 5.92 Å². The largest absolute Gasteiger partial charge is 0.338 e. The van der Waals surface area contributed by atoms with Gasteiger partial charge < -0.3 is 4.90 Å². The van der Waals surface area contributed by atoms with E-state index in [1.807, 2.05) is 4.90 Å². The maximum absolute atomic E-state index is 12.2. The number of benzene rings is 1. The molecule has 1 amide bonds. The molecular formula is C13H15Cl2NO. The van der Waals surface area contributed by atoms with Crippen molar-refractivity contribution in [1.82, 2.24) is 4.90 Å². The number of carbonyl (C=O) groups is 1. The van der Waals surface area contributed by atoms with E-state index in [1.54, 1.807) is 18.2 Å². The van der Waals surface area contributed by atoms with Crippen molar-refractivity contribution in [3.05, 3.63) is 33.8 Å². The van der Waals surface area contributed by atoms with Crippen LogP contribution in [0.2, 0.25) is 10.0 Å². The van der Waals surface area contributed by atoms with Gasteiger partial charge in [0.1, 0.15) is 0 Å². The number of hydrogen-bond acceptors (Lipinski definition) is 1. The predicted molar refractivity (Wildman–Crippen MR) is 70.8 cm³/mol. The Hall–Kier alpha value is -0.730. The van der Waals surface area contributed by atoms with Gasteiger partial charge in [-0.05, 0) is 37.0 Å². The van der Waals surface area contributed by atoms with Crippen LogP contribution >= 0.6 is 23.2 Å². The Bertz CT molecular complexity index is 433. The topological polar surface area (TPSA) is 20.3 Å². The van der Waals surface area contributed by atoms with Crippen LogP contribution in [0.4, 0.5) is 0 Å². The summed E-state index contributed by atoms with van der Waals surface area (Å²) in [6, 6.07) is 5.05. The Kier molecular flexibility index (Phi) is 3.95. The van der Waals surface area contributed by atoms with Gasteiger partial charge in [-0.15, -0.1) is 0 Å². The molecular weight excluding hydrogens is 257 g/mol. The quantitative estimate of drug-likeness (QED) is 0.760. The summed E-state index contributed by atoms with van der Waals surface area (Å²) in [7, 11) is 0. The highest BCUT2D eigenvalue weighted by Crippen LogP contribution is 2.24. The van der Waals surface area contributed by atoms with Crippen molar-refractivity contribution >= 4 is 29.1 Å². The molecule has 0 spiro atoms.